The number of anilines is 1. The van der Waals surface area contributed by atoms with Gasteiger partial charge >= 0.3 is 6.18 Å². The molecular weight excluding hydrogens is 301 g/mol. The first kappa shape index (κ1) is 15.2. The molecule has 0 aliphatic heterocycles. The van der Waals surface area contributed by atoms with Gasteiger partial charge in [0, 0.05) is 17.3 Å². The molecule has 6 heteroatoms. The van der Waals surface area contributed by atoms with Crippen LogP contribution in [0.25, 0.3) is 0 Å². The van der Waals surface area contributed by atoms with Crippen LogP contribution in [-0.4, -0.2) is 0 Å². The van der Waals surface area contributed by atoms with Gasteiger partial charge in [0.1, 0.15) is 0 Å². The van der Waals surface area contributed by atoms with Crippen molar-refractivity contribution in [3.8, 4) is 6.07 Å². The maximum Gasteiger partial charge on any atom is 0.416 e. The first-order valence-electron chi connectivity index (χ1n) is 5.99. The van der Waals surface area contributed by atoms with Crippen LogP contribution in [0, 0.1) is 11.3 Å². The average molecular weight is 311 g/mol. The van der Waals surface area contributed by atoms with Crippen molar-refractivity contribution in [2.45, 2.75) is 12.7 Å². The highest BCUT2D eigenvalue weighted by atomic mass is 35.5. The van der Waals surface area contributed by atoms with Crippen molar-refractivity contribution >= 4 is 17.3 Å². The summed E-state index contributed by atoms with van der Waals surface area (Å²) in [5.74, 6) is 0. The van der Waals surface area contributed by atoms with E-state index in [0.29, 0.717) is 12.1 Å². The number of hydrogen-bond donors (Lipinski definition) is 1. The Balaban J connectivity index is 2.16. The smallest absolute Gasteiger partial charge is 0.381 e. The third-order valence-corrected chi connectivity index (χ3v) is 3.00. The summed E-state index contributed by atoms with van der Waals surface area (Å²) >= 11 is 5.70. The summed E-state index contributed by atoms with van der Waals surface area (Å²) in [6.45, 7) is 0.299. The average Bonchev–Trinajstić information content (AvgIpc) is 2.44. The fraction of sp³-hybridized carbons (Fsp3) is 0.133. The molecule has 0 atom stereocenters. The van der Waals surface area contributed by atoms with Gasteiger partial charge < -0.3 is 5.32 Å². The standard InChI is InChI=1S/C15H10ClF3N2/c16-13-5-12(15(17,18)19)6-14(7-13)21-9-11-3-1-2-10(4-11)8-20/h1-7,21H,9H2. The number of alkyl halides is 3. The molecule has 2 aromatic rings. The van der Waals surface area contributed by atoms with Crippen LogP contribution in [0.1, 0.15) is 16.7 Å². The lowest BCUT2D eigenvalue weighted by atomic mass is 10.1. The second-order valence-corrected chi connectivity index (χ2v) is 4.83. The van der Waals surface area contributed by atoms with Crippen LogP contribution in [0.3, 0.4) is 0 Å². The monoisotopic (exact) mass is 310 g/mol. The van der Waals surface area contributed by atoms with Crippen molar-refractivity contribution in [2.75, 3.05) is 5.32 Å². The van der Waals surface area contributed by atoms with Gasteiger partial charge in [0.2, 0.25) is 0 Å². The molecule has 0 bridgehead atoms. The minimum atomic E-state index is -4.44. The molecule has 0 amide bonds. The van der Waals surface area contributed by atoms with Crippen molar-refractivity contribution in [1.29, 1.82) is 5.26 Å². The summed E-state index contributed by atoms with van der Waals surface area (Å²) in [5, 5.41) is 11.7. The van der Waals surface area contributed by atoms with E-state index >= 15 is 0 Å². The Hall–Kier alpha value is -2.19. The molecule has 0 heterocycles. The number of nitrogens with zero attached hydrogens (tertiary/aromatic N) is 1. The number of nitriles is 1. The van der Waals surface area contributed by atoms with Gasteiger partial charge in [-0.1, -0.05) is 23.7 Å². The van der Waals surface area contributed by atoms with Crippen molar-refractivity contribution in [2.24, 2.45) is 0 Å². The minimum Gasteiger partial charge on any atom is -0.381 e. The zero-order valence-corrected chi connectivity index (χ0v) is 11.5. The van der Waals surface area contributed by atoms with Crippen LogP contribution >= 0.6 is 11.6 Å². The molecule has 2 rings (SSSR count). The van der Waals surface area contributed by atoms with Crippen molar-refractivity contribution in [3.05, 3.63) is 64.2 Å². The van der Waals surface area contributed by atoms with Gasteiger partial charge in [-0.15, -0.1) is 0 Å². The van der Waals surface area contributed by atoms with Gasteiger partial charge in [0.25, 0.3) is 0 Å². The van der Waals surface area contributed by atoms with Crippen LogP contribution in [0.2, 0.25) is 5.02 Å². The van der Waals surface area contributed by atoms with E-state index in [2.05, 4.69) is 5.32 Å². The molecule has 2 nitrogen and oxygen atoms in total. The Morgan fingerprint density at radius 2 is 1.90 bits per heavy atom. The Morgan fingerprint density at radius 1 is 1.14 bits per heavy atom. The quantitative estimate of drug-likeness (QED) is 0.880. The van der Waals surface area contributed by atoms with Gasteiger partial charge in [0.15, 0.2) is 0 Å². The molecule has 1 N–H and O–H groups in total. The van der Waals surface area contributed by atoms with Crippen LogP contribution in [0.5, 0.6) is 0 Å². The zero-order chi connectivity index (χ0) is 15.5. The van der Waals surface area contributed by atoms with Crippen LogP contribution in [0.4, 0.5) is 18.9 Å². The normalized spacial score (nSPS) is 11.0. The van der Waals surface area contributed by atoms with Crippen LogP contribution in [-0.2, 0) is 12.7 Å². The number of hydrogen-bond acceptors (Lipinski definition) is 2. The number of nitrogens with one attached hydrogen (secondary N) is 1. The van der Waals surface area contributed by atoms with Crippen molar-refractivity contribution in [3.63, 3.8) is 0 Å². The van der Waals surface area contributed by atoms with E-state index in [1.54, 1.807) is 24.3 Å². The summed E-state index contributed by atoms with van der Waals surface area (Å²) in [4.78, 5) is 0. The summed E-state index contributed by atoms with van der Waals surface area (Å²) in [7, 11) is 0. The van der Waals surface area contributed by atoms with E-state index in [1.807, 2.05) is 6.07 Å². The lowest BCUT2D eigenvalue weighted by molar-refractivity contribution is -0.137. The molecule has 21 heavy (non-hydrogen) atoms. The summed E-state index contributed by atoms with van der Waals surface area (Å²) < 4.78 is 38.1. The van der Waals surface area contributed by atoms with Crippen LogP contribution < -0.4 is 5.32 Å². The highest BCUT2D eigenvalue weighted by Crippen LogP contribution is 2.33. The zero-order valence-electron chi connectivity index (χ0n) is 10.7. The van der Waals surface area contributed by atoms with E-state index in [4.69, 9.17) is 16.9 Å². The maximum atomic E-state index is 12.7. The van der Waals surface area contributed by atoms with Crippen molar-refractivity contribution in [1.82, 2.24) is 0 Å². The highest BCUT2D eigenvalue weighted by molar-refractivity contribution is 6.30. The molecule has 0 saturated carbocycles. The molecule has 0 radical (unpaired) electrons. The van der Waals surface area contributed by atoms with E-state index in [9.17, 15) is 13.2 Å². The lowest BCUT2D eigenvalue weighted by Crippen LogP contribution is -2.07. The van der Waals surface area contributed by atoms with E-state index in [1.165, 1.54) is 6.07 Å². The largest absolute Gasteiger partial charge is 0.416 e. The Labute approximate surface area is 124 Å². The molecule has 0 fully saturated rings. The topological polar surface area (TPSA) is 35.8 Å². The fourth-order valence-electron chi connectivity index (χ4n) is 1.81. The molecule has 0 aliphatic rings. The first-order chi connectivity index (χ1) is 9.88. The molecule has 0 saturated heterocycles. The molecular formula is C15H10ClF3N2. The van der Waals surface area contributed by atoms with Gasteiger partial charge in [-0.2, -0.15) is 18.4 Å². The molecule has 108 valence electrons. The fourth-order valence-corrected chi connectivity index (χ4v) is 2.05. The summed E-state index contributed by atoms with van der Waals surface area (Å²) in [6.07, 6.45) is -4.44. The van der Waals surface area contributed by atoms with Crippen molar-refractivity contribution < 1.29 is 13.2 Å². The first-order valence-corrected chi connectivity index (χ1v) is 6.37. The van der Waals surface area contributed by atoms with E-state index < -0.39 is 11.7 Å². The predicted octanol–water partition coefficient (Wildman–Crippen LogP) is 4.84. The highest BCUT2D eigenvalue weighted by Gasteiger charge is 2.31. The molecule has 0 unspecified atom stereocenters. The number of rotatable bonds is 3. The van der Waals surface area contributed by atoms with Gasteiger partial charge in [0.05, 0.1) is 17.2 Å². The minimum absolute atomic E-state index is 0.0121. The Bertz CT molecular complexity index is 690. The van der Waals surface area contributed by atoms with E-state index in [-0.39, 0.29) is 10.7 Å². The van der Waals surface area contributed by atoms with E-state index in [0.717, 1.165) is 17.7 Å². The number of benzene rings is 2. The SMILES string of the molecule is N#Cc1cccc(CNc2cc(Cl)cc(C(F)(F)F)c2)c1. The molecule has 0 aliphatic carbocycles. The summed E-state index contributed by atoms with van der Waals surface area (Å²) in [5.41, 5.74) is 0.763. The van der Waals surface area contributed by atoms with Crippen LogP contribution in [0.15, 0.2) is 42.5 Å². The van der Waals surface area contributed by atoms with Gasteiger partial charge in [-0.05, 0) is 35.9 Å². The summed E-state index contributed by atoms with van der Waals surface area (Å²) in [6, 6.07) is 12.1. The van der Waals surface area contributed by atoms with Gasteiger partial charge in [-0.25, -0.2) is 0 Å². The second-order valence-electron chi connectivity index (χ2n) is 4.39. The third-order valence-electron chi connectivity index (χ3n) is 2.78. The maximum absolute atomic E-state index is 12.7. The lowest BCUT2D eigenvalue weighted by Gasteiger charge is -2.12. The second kappa shape index (κ2) is 6.06. The molecule has 0 aromatic heterocycles. The Kier molecular flexibility index (Phi) is 4.39. The molecule has 0 spiro atoms. The van der Waals surface area contributed by atoms with Gasteiger partial charge in [-0.3, -0.25) is 0 Å². The Morgan fingerprint density at radius 3 is 2.57 bits per heavy atom. The number of halogens is 4. The predicted molar refractivity (Wildman–Crippen MR) is 74.9 cm³/mol. The third kappa shape index (κ3) is 4.14. The molecule has 2 aromatic carbocycles.